The average Bonchev–Trinajstić information content (AvgIpc) is 3.47. The number of aromatic nitrogens is 4. The molecule has 0 saturated carbocycles. The molecule has 0 aliphatic carbocycles. The first-order valence-electron chi connectivity index (χ1n) is 14.4. The summed E-state index contributed by atoms with van der Waals surface area (Å²) < 4.78 is 8.21. The number of rotatable bonds is 6. The molecule has 0 radical (unpaired) electrons. The predicted molar refractivity (Wildman–Crippen MR) is 157 cm³/mol. The van der Waals surface area contributed by atoms with Crippen LogP contribution >= 0.6 is 0 Å². The highest BCUT2D eigenvalue weighted by atomic mass is 16.5. The number of nitrogens with zero attached hydrogens (tertiary/aromatic N) is 6. The van der Waals surface area contributed by atoms with E-state index in [0.717, 1.165) is 11.3 Å². The second kappa shape index (κ2) is 11.5. The Bertz CT molecular complexity index is 1680. The van der Waals surface area contributed by atoms with Crippen LogP contribution in [0.3, 0.4) is 0 Å². The molecule has 2 aromatic carbocycles. The molecule has 4 heterocycles. The Labute approximate surface area is 247 Å². The Hall–Kier alpha value is -4.71. The van der Waals surface area contributed by atoms with Crippen molar-refractivity contribution in [3.05, 3.63) is 83.0 Å². The van der Waals surface area contributed by atoms with Gasteiger partial charge in [0.1, 0.15) is 17.5 Å². The lowest BCUT2D eigenvalue weighted by molar-refractivity contribution is -0.142. The number of carboxylic acid groups (broad SMARTS) is 1. The normalized spacial score (nSPS) is 20.2. The van der Waals surface area contributed by atoms with Crippen molar-refractivity contribution in [1.29, 1.82) is 0 Å². The molecule has 2 fully saturated rings. The largest absolute Gasteiger partial charge is 0.497 e. The van der Waals surface area contributed by atoms with Crippen molar-refractivity contribution in [3.63, 3.8) is 0 Å². The van der Waals surface area contributed by atoms with Crippen molar-refractivity contribution in [2.75, 3.05) is 33.3 Å². The fourth-order valence-electron chi connectivity index (χ4n) is 6.29. The van der Waals surface area contributed by atoms with Gasteiger partial charge in [0.05, 0.1) is 31.1 Å². The van der Waals surface area contributed by atoms with Gasteiger partial charge in [-0.1, -0.05) is 30.3 Å². The topological polar surface area (TPSA) is 143 Å². The van der Waals surface area contributed by atoms with E-state index in [-0.39, 0.29) is 36.4 Å². The van der Waals surface area contributed by atoms with Crippen LogP contribution in [0, 0.1) is 5.92 Å². The molecule has 2 aliphatic rings. The van der Waals surface area contributed by atoms with Crippen molar-refractivity contribution < 1.29 is 24.5 Å². The van der Waals surface area contributed by atoms with E-state index in [1.54, 1.807) is 28.8 Å². The van der Waals surface area contributed by atoms with Gasteiger partial charge >= 0.3 is 6.09 Å². The van der Waals surface area contributed by atoms with Gasteiger partial charge in [0.2, 0.25) is 5.91 Å². The summed E-state index contributed by atoms with van der Waals surface area (Å²) in [4.78, 5) is 46.4. The molecule has 12 nitrogen and oxygen atoms in total. The highest BCUT2D eigenvalue weighted by Gasteiger charge is 2.41. The minimum absolute atomic E-state index is 0.0212. The zero-order valence-electron chi connectivity index (χ0n) is 23.9. The Kier molecular flexibility index (Phi) is 7.61. The number of ether oxygens (including phenoxy) is 1. The summed E-state index contributed by atoms with van der Waals surface area (Å²) in [5, 5.41) is 25.7. The van der Waals surface area contributed by atoms with Crippen LogP contribution in [0.15, 0.2) is 71.9 Å². The molecule has 2 atom stereocenters. The van der Waals surface area contributed by atoms with E-state index in [1.807, 2.05) is 42.5 Å². The SMILES string of the molecule is COc1ccc(-n2ncc3c(=O)n(CC4(O)CCN(C(=O)[C@@H]5CCN(C(=O)O)C[C@H]5c5ccccc5)CC4)cnc32)cc1. The lowest BCUT2D eigenvalue weighted by Gasteiger charge is -2.42. The molecule has 2 saturated heterocycles. The Morgan fingerprint density at radius 3 is 2.42 bits per heavy atom. The van der Waals surface area contributed by atoms with Crippen molar-refractivity contribution in [2.45, 2.75) is 37.3 Å². The maximum atomic E-state index is 13.7. The van der Waals surface area contributed by atoms with Crippen LogP contribution in [0.2, 0.25) is 0 Å². The second-order valence-corrected chi connectivity index (χ2v) is 11.4. The highest BCUT2D eigenvalue weighted by Crippen LogP contribution is 2.35. The van der Waals surface area contributed by atoms with Crippen molar-refractivity contribution >= 4 is 23.0 Å². The second-order valence-electron chi connectivity index (χ2n) is 11.4. The first kappa shape index (κ1) is 28.4. The van der Waals surface area contributed by atoms with Crippen LogP contribution in [0.25, 0.3) is 16.7 Å². The number of hydrogen-bond acceptors (Lipinski definition) is 7. The molecule has 43 heavy (non-hydrogen) atoms. The van der Waals surface area contributed by atoms with E-state index < -0.39 is 11.7 Å². The van der Waals surface area contributed by atoms with Crippen LogP contribution in [0.4, 0.5) is 4.79 Å². The number of methoxy groups -OCH3 is 1. The summed E-state index contributed by atoms with van der Waals surface area (Å²) in [7, 11) is 1.59. The zero-order valence-corrected chi connectivity index (χ0v) is 23.9. The van der Waals surface area contributed by atoms with E-state index in [4.69, 9.17) is 4.74 Å². The number of piperidine rings is 2. The lowest BCUT2D eigenvalue weighted by atomic mass is 9.79. The van der Waals surface area contributed by atoms with Gasteiger partial charge in [0, 0.05) is 38.0 Å². The number of carbonyl (C=O) groups is 2. The molecule has 0 bridgehead atoms. The number of hydrogen-bond donors (Lipinski definition) is 2. The van der Waals surface area contributed by atoms with Gasteiger partial charge in [-0.3, -0.25) is 14.2 Å². The first-order valence-corrected chi connectivity index (χ1v) is 14.4. The minimum Gasteiger partial charge on any atom is -0.497 e. The molecule has 2 aromatic heterocycles. The highest BCUT2D eigenvalue weighted by molar-refractivity contribution is 5.81. The van der Waals surface area contributed by atoms with E-state index >= 15 is 0 Å². The van der Waals surface area contributed by atoms with Gasteiger partial charge in [-0.15, -0.1) is 0 Å². The quantitative estimate of drug-likeness (QED) is 0.351. The molecule has 2 aliphatic heterocycles. The fraction of sp³-hybridized carbons (Fsp3) is 0.387. The Morgan fingerprint density at radius 1 is 1.02 bits per heavy atom. The number of aliphatic hydroxyl groups is 1. The Balaban J connectivity index is 1.14. The smallest absolute Gasteiger partial charge is 0.407 e. The summed E-state index contributed by atoms with van der Waals surface area (Å²) in [5.41, 5.74) is 0.610. The van der Waals surface area contributed by atoms with Crippen LogP contribution in [0.1, 0.15) is 30.7 Å². The number of amides is 2. The summed E-state index contributed by atoms with van der Waals surface area (Å²) in [6.45, 7) is 1.31. The summed E-state index contributed by atoms with van der Waals surface area (Å²) in [6.07, 6.45) is 2.98. The third-order valence-electron chi connectivity index (χ3n) is 8.77. The molecule has 224 valence electrons. The molecule has 0 unspecified atom stereocenters. The number of carbonyl (C=O) groups excluding carboxylic acids is 1. The van der Waals surface area contributed by atoms with Crippen LogP contribution in [0.5, 0.6) is 5.75 Å². The number of benzene rings is 2. The van der Waals surface area contributed by atoms with E-state index in [1.165, 1.54) is 22.0 Å². The zero-order chi connectivity index (χ0) is 30.1. The maximum absolute atomic E-state index is 13.7. The Morgan fingerprint density at radius 2 is 1.74 bits per heavy atom. The molecular formula is C31H34N6O6. The van der Waals surface area contributed by atoms with Gasteiger partial charge in [-0.2, -0.15) is 5.10 Å². The average molecular weight is 587 g/mol. The van der Waals surface area contributed by atoms with Gasteiger partial charge in [-0.25, -0.2) is 14.5 Å². The van der Waals surface area contributed by atoms with Crippen molar-refractivity contribution in [2.24, 2.45) is 5.92 Å². The molecule has 2 amide bonds. The third-order valence-corrected chi connectivity index (χ3v) is 8.77. The van der Waals surface area contributed by atoms with Gasteiger partial charge in [-0.05, 0) is 49.1 Å². The van der Waals surface area contributed by atoms with Gasteiger partial charge < -0.3 is 24.7 Å². The van der Waals surface area contributed by atoms with Crippen LogP contribution in [-0.2, 0) is 11.3 Å². The fourth-order valence-corrected chi connectivity index (χ4v) is 6.29. The van der Waals surface area contributed by atoms with Gasteiger partial charge in [0.15, 0.2) is 5.65 Å². The van der Waals surface area contributed by atoms with Crippen molar-refractivity contribution in [1.82, 2.24) is 29.1 Å². The molecule has 2 N–H and O–H groups in total. The number of fused-ring (bicyclic) bond motifs is 1. The molecule has 12 heteroatoms. The van der Waals surface area contributed by atoms with Crippen molar-refractivity contribution in [3.8, 4) is 11.4 Å². The summed E-state index contributed by atoms with van der Waals surface area (Å²) in [6, 6.07) is 16.8. The predicted octanol–water partition coefficient (Wildman–Crippen LogP) is 2.73. The van der Waals surface area contributed by atoms with Crippen LogP contribution < -0.4 is 10.3 Å². The summed E-state index contributed by atoms with van der Waals surface area (Å²) >= 11 is 0. The molecule has 0 spiro atoms. The molecule has 6 rings (SSSR count). The number of likely N-dealkylation sites (tertiary alicyclic amines) is 2. The lowest BCUT2D eigenvalue weighted by Crippen LogP contribution is -2.53. The third kappa shape index (κ3) is 5.57. The first-order chi connectivity index (χ1) is 20.8. The minimum atomic E-state index is -1.19. The molecular weight excluding hydrogens is 552 g/mol. The van der Waals surface area contributed by atoms with E-state index in [0.29, 0.717) is 55.7 Å². The van der Waals surface area contributed by atoms with Crippen LogP contribution in [-0.4, -0.2) is 90.2 Å². The monoisotopic (exact) mass is 586 g/mol. The molecule has 4 aromatic rings. The van der Waals surface area contributed by atoms with Gasteiger partial charge in [0.25, 0.3) is 5.56 Å². The van der Waals surface area contributed by atoms with E-state index in [2.05, 4.69) is 10.1 Å². The maximum Gasteiger partial charge on any atom is 0.407 e. The summed E-state index contributed by atoms with van der Waals surface area (Å²) in [5.74, 6) is 0.0958. The standard InChI is InChI=1S/C31H34N6O6/c1-43-23-9-7-22(8-10-23)37-27-25(17-33-37)29(39)36(20-32-27)19-31(42)12-15-34(16-13-31)28(38)24-11-14-35(30(40)41)18-26(24)21-5-3-2-4-6-21/h2-10,17,20,24,26,42H,11-16,18-19H2,1H3,(H,40,41)/t24-,26+/m1/s1. The van der Waals surface area contributed by atoms with E-state index in [9.17, 15) is 24.6 Å².